The zero-order chi connectivity index (χ0) is 20.0. The van der Waals surface area contributed by atoms with Gasteiger partial charge in [-0.3, -0.25) is 0 Å². The Labute approximate surface area is 167 Å². The van der Waals surface area contributed by atoms with Crippen molar-refractivity contribution in [1.82, 2.24) is 19.5 Å². The first-order valence-electron chi connectivity index (χ1n) is 8.44. The van der Waals surface area contributed by atoms with Gasteiger partial charge < -0.3 is 4.57 Å². The summed E-state index contributed by atoms with van der Waals surface area (Å²) < 4.78 is 42.1. The predicted octanol–water partition coefficient (Wildman–Crippen LogP) is 3.37. The van der Waals surface area contributed by atoms with Crippen LogP contribution in [0.5, 0.6) is 0 Å². The van der Waals surface area contributed by atoms with Gasteiger partial charge in [-0.05, 0) is 29.8 Å². The van der Waals surface area contributed by atoms with Gasteiger partial charge in [-0.15, -0.1) is 16.8 Å². The summed E-state index contributed by atoms with van der Waals surface area (Å²) in [5.74, 6) is 0.697. The van der Waals surface area contributed by atoms with Crippen LogP contribution in [-0.2, 0) is 28.9 Å². The Bertz CT molecular complexity index is 1040. The number of nitrogens with one attached hydrogen (secondary N) is 1. The van der Waals surface area contributed by atoms with Crippen LogP contribution in [0.2, 0.25) is 0 Å². The number of sulfonamides is 1. The van der Waals surface area contributed by atoms with Gasteiger partial charge in [0.2, 0.25) is 10.0 Å². The first kappa shape index (κ1) is 20.2. The van der Waals surface area contributed by atoms with Crippen molar-refractivity contribution in [3.05, 3.63) is 84.5 Å². The molecule has 146 valence electrons. The van der Waals surface area contributed by atoms with E-state index in [1.165, 1.54) is 23.9 Å². The Hall–Kier alpha value is -2.49. The number of halogens is 1. The first-order valence-corrected chi connectivity index (χ1v) is 10.9. The highest BCUT2D eigenvalue weighted by Gasteiger charge is 2.17. The van der Waals surface area contributed by atoms with Crippen molar-refractivity contribution in [2.45, 2.75) is 28.9 Å². The molecule has 1 aromatic heterocycles. The average molecular weight is 419 g/mol. The molecule has 0 aliphatic heterocycles. The fourth-order valence-corrected chi connectivity index (χ4v) is 4.35. The molecule has 9 heteroatoms. The highest BCUT2D eigenvalue weighted by atomic mass is 32.2. The van der Waals surface area contributed by atoms with Crippen molar-refractivity contribution in [3.8, 4) is 0 Å². The minimum atomic E-state index is -3.78. The quantitative estimate of drug-likeness (QED) is 0.426. The molecule has 0 radical (unpaired) electrons. The standard InChI is InChI=1S/C19H19FN4O2S2/c1-2-12-24-18(13-21-28(25,26)17-10-8-16(20)9-11-17)22-23-19(24)27-14-15-6-4-3-5-7-15/h2-11,21H,1,12-14H2. The molecule has 0 spiro atoms. The summed E-state index contributed by atoms with van der Waals surface area (Å²) in [5, 5.41) is 8.97. The lowest BCUT2D eigenvalue weighted by Gasteiger charge is -2.09. The summed E-state index contributed by atoms with van der Waals surface area (Å²) in [4.78, 5) is -0.0117. The Balaban J connectivity index is 1.72. The van der Waals surface area contributed by atoms with Crippen LogP contribution >= 0.6 is 11.8 Å². The van der Waals surface area contributed by atoms with E-state index >= 15 is 0 Å². The van der Waals surface area contributed by atoms with E-state index in [9.17, 15) is 12.8 Å². The molecule has 0 aliphatic carbocycles. The van der Waals surface area contributed by atoms with Gasteiger partial charge in [0, 0.05) is 12.3 Å². The number of aromatic nitrogens is 3. The maximum Gasteiger partial charge on any atom is 0.240 e. The number of hydrogen-bond donors (Lipinski definition) is 1. The van der Waals surface area contributed by atoms with Crippen LogP contribution in [0.3, 0.4) is 0 Å². The lowest BCUT2D eigenvalue weighted by Crippen LogP contribution is -2.25. The molecule has 2 aromatic carbocycles. The third kappa shape index (κ3) is 5.06. The van der Waals surface area contributed by atoms with Crippen molar-refractivity contribution in [3.63, 3.8) is 0 Å². The third-order valence-electron chi connectivity index (χ3n) is 3.86. The fourth-order valence-electron chi connectivity index (χ4n) is 2.45. The van der Waals surface area contributed by atoms with Gasteiger partial charge in [-0.1, -0.05) is 48.2 Å². The average Bonchev–Trinajstić information content (AvgIpc) is 3.08. The molecular formula is C19H19FN4O2S2. The predicted molar refractivity (Wildman–Crippen MR) is 107 cm³/mol. The van der Waals surface area contributed by atoms with Gasteiger partial charge in [0.15, 0.2) is 5.16 Å². The molecule has 0 amide bonds. The van der Waals surface area contributed by atoms with E-state index in [1.54, 1.807) is 6.08 Å². The Kier molecular flexibility index (Phi) is 6.61. The first-order chi connectivity index (χ1) is 13.5. The summed E-state index contributed by atoms with van der Waals surface area (Å²) in [6.45, 7) is 4.16. The second-order valence-corrected chi connectivity index (χ2v) is 8.56. The highest BCUT2D eigenvalue weighted by molar-refractivity contribution is 7.98. The molecule has 6 nitrogen and oxygen atoms in total. The van der Waals surface area contributed by atoms with Crippen LogP contribution < -0.4 is 4.72 Å². The maximum atomic E-state index is 13.0. The maximum absolute atomic E-state index is 13.0. The van der Waals surface area contributed by atoms with E-state index in [1.807, 2.05) is 34.9 Å². The normalized spacial score (nSPS) is 11.5. The number of allylic oxidation sites excluding steroid dienone is 1. The zero-order valence-corrected chi connectivity index (χ0v) is 16.6. The van der Waals surface area contributed by atoms with Gasteiger partial charge in [0.1, 0.15) is 11.6 Å². The van der Waals surface area contributed by atoms with Crippen LogP contribution in [-0.4, -0.2) is 23.2 Å². The summed E-state index contributed by atoms with van der Waals surface area (Å²) >= 11 is 1.51. The van der Waals surface area contributed by atoms with Gasteiger partial charge in [0.05, 0.1) is 11.4 Å². The zero-order valence-electron chi connectivity index (χ0n) is 15.0. The molecule has 0 saturated carbocycles. The van der Waals surface area contributed by atoms with Crippen molar-refractivity contribution >= 4 is 21.8 Å². The van der Waals surface area contributed by atoms with Gasteiger partial charge in [-0.2, -0.15) is 0 Å². The molecule has 0 fully saturated rings. The Morgan fingerprint density at radius 2 is 1.82 bits per heavy atom. The topological polar surface area (TPSA) is 76.9 Å². The number of hydrogen-bond acceptors (Lipinski definition) is 5. The van der Waals surface area contributed by atoms with Crippen molar-refractivity contribution in [1.29, 1.82) is 0 Å². The smallest absolute Gasteiger partial charge is 0.240 e. The van der Waals surface area contributed by atoms with Crippen molar-refractivity contribution < 1.29 is 12.8 Å². The van der Waals surface area contributed by atoms with Crippen LogP contribution in [0.25, 0.3) is 0 Å². The molecule has 3 rings (SSSR count). The van der Waals surface area contributed by atoms with E-state index in [4.69, 9.17) is 0 Å². The molecule has 0 aliphatic rings. The monoisotopic (exact) mass is 418 g/mol. The van der Waals surface area contributed by atoms with E-state index in [2.05, 4.69) is 21.5 Å². The van der Waals surface area contributed by atoms with Gasteiger partial charge in [0.25, 0.3) is 0 Å². The molecule has 3 aromatic rings. The minimum Gasteiger partial charge on any atom is -0.301 e. The van der Waals surface area contributed by atoms with Crippen LogP contribution in [0.1, 0.15) is 11.4 Å². The number of rotatable bonds is 9. The number of benzene rings is 2. The Morgan fingerprint density at radius 1 is 1.11 bits per heavy atom. The number of thioether (sulfide) groups is 1. The largest absolute Gasteiger partial charge is 0.301 e. The Morgan fingerprint density at radius 3 is 2.50 bits per heavy atom. The van der Waals surface area contributed by atoms with E-state index in [0.717, 1.165) is 23.4 Å². The van der Waals surface area contributed by atoms with Gasteiger partial charge >= 0.3 is 0 Å². The lowest BCUT2D eigenvalue weighted by atomic mass is 10.2. The second-order valence-electron chi connectivity index (χ2n) is 5.85. The van der Waals surface area contributed by atoms with Crippen LogP contribution in [0.4, 0.5) is 4.39 Å². The highest BCUT2D eigenvalue weighted by Crippen LogP contribution is 2.22. The fraction of sp³-hybridized carbons (Fsp3) is 0.158. The minimum absolute atomic E-state index is 0.0117. The van der Waals surface area contributed by atoms with Gasteiger partial charge in [-0.25, -0.2) is 17.5 Å². The molecule has 28 heavy (non-hydrogen) atoms. The van der Waals surface area contributed by atoms with E-state index in [0.29, 0.717) is 17.5 Å². The second kappa shape index (κ2) is 9.13. The van der Waals surface area contributed by atoms with E-state index < -0.39 is 15.8 Å². The molecule has 0 unspecified atom stereocenters. The molecule has 0 atom stereocenters. The molecule has 0 bridgehead atoms. The SMILES string of the molecule is C=CCn1c(CNS(=O)(=O)c2ccc(F)cc2)nnc1SCc1ccccc1. The molecule has 1 N–H and O–H groups in total. The number of nitrogens with zero attached hydrogens (tertiary/aromatic N) is 3. The summed E-state index contributed by atoms with van der Waals surface area (Å²) in [7, 11) is -3.78. The van der Waals surface area contributed by atoms with Crippen LogP contribution in [0.15, 0.2) is 77.3 Å². The van der Waals surface area contributed by atoms with Crippen molar-refractivity contribution in [2.75, 3.05) is 0 Å². The van der Waals surface area contributed by atoms with Crippen LogP contribution in [0, 0.1) is 5.82 Å². The van der Waals surface area contributed by atoms with Crippen molar-refractivity contribution in [2.24, 2.45) is 0 Å². The summed E-state index contributed by atoms with van der Waals surface area (Å²) in [6.07, 6.45) is 1.70. The third-order valence-corrected chi connectivity index (χ3v) is 6.32. The lowest BCUT2D eigenvalue weighted by molar-refractivity contribution is 0.574. The molecule has 0 saturated heterocycles. The summed E-state index contributed by atoms with van der Waals surface area (Å²) in [6, 6.07) is 14.6. The summed E-state index contributed by atoms with van der Waals surface area (Å²) in [5.41, 5.74) is 1.15. The molecule has 1 heterocycles. The molecular weight excluding hydrogens is 399 g/mol. The van der Waals surface area contributed by atoms with E-state index in [-0.39, 0.29) is 11.4 Å².